The molecule has 2 heterocycles. The fourth-order valence-corrected chi connectivity index (χ4v) is 3.88. The molecule has 0 bridgehead atoms. The van der Waals surface area contributed by atoms with Crippen LogP contribution in [0.2, 0.25) is 0 Å². The average Bonchev–Trinajstić information content (AvgIpc) is 3.25. The lowest BCUT2D eigenvalue weighted by atomic mass is 10.1. The zero-order valence-corrected chi connectivity index (χ0v) is 14.9. The minimum atomic E-state index is -1.06. The summed E-state index contributed by atoms with van der Waals surface area (Å²) in [5, 5.41) is 21.9. The van der Waals surface area contributed by atoms with Gasteiger partial charge in [0, 0.05) is 22.7 Å². The van der Waals surface area contributed by atoms with E-state index in [0.29, 0.717) is 27.2 Å². The molecule has 4 aromatic rings. The number of benzene rings is 2. The van der Waals surface area contributed by atoms with Gasteiger partial charge < -0.3 is 10.1 Å². The summed E-state index contributed by atoms with van der Waals surface area (Å²) in [4.78, 5) is 30.0. The minimum absolute atomic E-state index is 0.0746. The van der Waals surface area contributed by atoms with Gasteiger partial charge in [0.05, 0.1) is 10.6 Å². The van der Waals surface area contributed by atoms with Gasteiger partial charge in [0.2, 0.25) is 0 Å². The molecular formula is C19H13N3O4S. The summed E-state index contributed by atoms with van der Waals surface area (Å²) in [5.74, 6) is -1.06. The van der Waals surface area contributed by atoms with Crippen LogP contribution in [0.15, 0.2) is 48.5 Å². The molecule has 0 spiro atoms. The second-order valence-electron chi connectivity index (χ2n) is 6.00. The Morgan fingerprint density at radius 2 is 1.93 bits per heavy atom. The molecule has 0 aliphatic rings. The van der Waals surface area contributed by atoms with E-state index in [1.54, 1.807) is 13.0 Å². The summed E-state index contributed by atoms with van der Waals surface area (Å²) in [6.45, 7) is 1.61. The molecule has 134 valence electrons. The molecule has 0 saturated carbocycles. The Morgan fingerprint density at radius 1 is 1.19 bits per heavy atom. The fourth-order valence-electron chi connectivity index (χ4n) is 2.98. The van der Waals surface area contributed by atoms with Crippen LogP contribution in [0, 0.1) is 17.0 Å². The third-order valence-electron chi connectivity index (χ3n) is 4.23. The van der Waals surface area contributed by atoms with E-state index in [1.807, 2.05) is 36.4 Å². The molecule has 0 unspecified atom stereocenters. The van der Waals surface area contributed by atoms with Crippen molar-refractivity contribution in [3.63, 3.8) is 0 Å². The number of aromatic nitrogens is 2. The Hall–Kier alpha value is -3.52. The van der Waals surface area contributed by atoms with Crippen molar-refractivity contribution in [2.75, 3.05) is 0 Å². The highest BCUT2D eigenvalue weighted by atomic mass is 32.1. The molecule has 0 fully saturated rings. The first-order valence-corrected chi connectivity index (χ1v) is 8.83. The number of aromatic carboxylic acids is 1. The maximum Gasteiger partial charge on any atom is 0.347 e. The van der Waals surface area contributed by atoms with Gasteiger partial charge in [-0.25, -0.2) is 9.78 Å². The molecule has 0 amide bonds. The number of nitrogens with one attached hydrogen (secondary N) is 1. The molecule has 2 aromatic carbocycles. The Bertz CT molecular complexity index is 1190. The summed E-state index contributed by atoms with van der Waals surface area (Å²) < 4.78 is 0. The van der Waals surface area contributed by atoms with Gasteiger partial charge in [-0.3, -0.25) is 10.1 Å². The number of carboxylic acid groups (broad SMARTS) is 1. The second-order valence-corrected chi connectivity index (χ2v) is 7.00. The molecule has 4 rings (SSSR count). The minimum Gasteiger partial charge on any atom is -0.477 e. The monoisotopic (exact) mass is 379 g/mol. The predicted molar refractivity (Wildman–Crippen MR) is 103 cm³/mol. The standard InChI is InChI=1S/C19H13N3O4S/c1-10-17(19(23)24)27-18(20-10)13-7-12-8-14(11-5-3-2-4-6-11)21-16(12)15(9-13)22(25)26/h2-9,21H,1H3,(H,23,24). The number of nitro benzene ring substituents is 1. The number of nitrogens with zero attached hydrogens (tertiary/aromatic N) is 2. The number of carboxylic acids is 1. The quantitative estimate of drug-likeness (QED) is 0.388. The Kier molecular flexibility index (Phi) is 3.97. The zero-order valence-electron chi connectivity index (χ0n) is 14.1. The topological polar surface area (TPSA) is 109 Å². The number of carbonyl (C=O) groups is 1. The number of nitro groups is 1. The number of hydrogen-bond acceptors (Lipinski definition) is 5. The van der Waals surface area contributed by atoms with Crippen molar-refractivity contribution in [2.24, 2.45) is 0 Å². The lowest BCUT2D eigenvalue weighted by Crippen LogP contribution is -1.94. The SMILES string of the molecule is Cc1nc(-c2cc([N+](=O)[O-])c3[nH]c(-c4ccccc4)cc3c2)sc1C(=O)O. The van der Waals surface area contributed by atoms with E-state index in [1.165, 1.54) is 6.07 Å². The van der Waals surface area contributed by atoms with E-state index >= 15 is 0 Å². The number of thiazole rings is 1. The molecule has 0 aliphatic carbocycles. The molecule has 0 saturated heterocycles. The molecule has 7 nitrogen and oxygen atoms in total. The molecule has 27 heavy (non-hydrogen) atoms. The van der Waals surface area contributed by atoms with E-state index < -0.39 is 10.9 Å². The van der Waals surface area contributed by atoms with Crippen molar-refractivity contribution < 1.29 is 14.8 Å². The smallest absolute Gasteiger partial charge is 0.347 e. The van der Waals surface area contributed by atoms with Crippen LogP contribution in [0.1, 0.15) is 15.4 Å². The highest BCUT2D eigenvalue weighted by Crippen LogP contribution is 2.36. The maximum absolute atomic E-state index is 11.6. The summed E-state index contributed by atoms with van der Waals surface area (Å²) in [6.07, 6.45) is 0. The normalized spacial score (nSPS) is 11.0. The van der Waals surface area contributed by atoms with Crippen molar-refractivity contribution in [3.05, 3.63) is 69.2 Å². The first kappa shape index (κ1) is 16.9. The van der Waals surface area contributed by atoms with Crippen LogP contribution in [0.4, 0.5) is 5.69 Å². The van der Waals surface area contributed by atoms with Crippen LogP contribution in [0.5, 0.6) is 0 Å². The molecule has 8 heteroatoms. The third kappa shape index (κ3) is 2.96. The van der Waals surface area contributed by atoms with E-state index in [0.717, 1.165) is 22.6 Å². The molecule has 0 aliphatic heterocycles. The molecular weight excluding hydrogens is 366 g/mol. The van der Waals surface area contributed by atoms with Crippen LogP contribution in [0.25, 0.3) is 32.7 Å². The van der Waals surface area contributed by atoms with Crippen molar-refractivity contribution in [1.82, 2.24) is 9.97 Å². The molecule has 2 aromatic heterocycles. The lowest BCUT2D eigenvalue weighted by Gasteiger charge is -1.99. The fraction of sp³-hybridized carbons (Fsp3) is 0.0526. The molecule has 0 radical (unpaired) electrons. The van der Waals surface area contributed by atoms with Crippen molar-refractivity contribution >= 4 is 33.9 Å². The van der Waals surface area contributed by atoms with Crippen LogP contribution in [-0.4, -0.2) is 26.0 Å². The highest BCUT2D eigenvalue weighted by molar-refractivity contribution is 7.17. The van der Waals surface area contributed by atoms with Gasteiger partial charge in [-0.2, -0.15) is 0 Å². The Morgan fingerprint density at radius 3 is 2.56 bits per heavy atom. The second kappa shape index (κ2) is 6.33. The lowest BCUT2D eigenvalue weighted by molar-refractivity contribution is -0.383. The van der Waals surface area contributed by atoms with Gasteiger partial charge in [0.1, 0.15) is 15.4 Å². The first-order chi connectivity index (χ1) is 12.9. The van der Waals surface area contributed by atoms with Crippen LogP contribution in [0.3, 0.4) is 0 Å². The number of fused-ring (bicyclic) bond motifs is 1. The largest absolute Gasteiger partial charge is 0.477 e. The number of H-pyrrole nitrogens is 1. The van der Waals surface area contributed by atoms with Crippen molar-refractivity contribution in [1.29, 1.82) is 0 Å². The van der Waals surface area contributed by atoms with Gasteiger partial charge >= 0.3 is 5.97 Å². The Balaban J connectivity index is 1.92. The number of non-ortho nitro benzene ring substituents is 1. The van der Waals surface area contributed by atoms with Crippen molar-refractivity contribution in [3.8, 4) is 21.8 Å². The summed E-state index contributed by atoms with van der Waals surface area (Å²) in [7, 11) is 0. The summed E-state index contributed by atoms with van der Waals surface area (Å²) in [5.41, 5.74) is 2.96. The van der Waals surface area contributed by atoms with E-state index in [9.17, 15) is 20.0 Å². The van der Waals surface area contributed by atoms with E-state index in [2.05, 4.69) is 9.97 Å². The summed E-state index contributed by atoms with van der Waals surface area (Å²) >= 11 is 1.01. The van der Waals surface area contributed by atoms with Crippen molar-refractivity contribution in [2.45, 2.75) is 6.92 Å². The van der Waals surface area contributed by atoms with Gasteiger partial charge in [0.25, 0.3) is 5.69 Å². The van der Waals surface area contributed by atoms with E-state index in [4.69, 9.17) is 0 Å². The number of aryl methyl sites for hydroxylation is 1. The number of rotatable bonds is 4. The van der Waals surface area contributed by atoms with Crippen LogP contribution >= 0.6 is 11.3 Å². The third-order valence-corrected chi connectivity index (χ3v) is 5.42. The maximum atomic E-state index is 11.6. The number of hydrogen-bond donors (Lipinski definition) is 2. The van der Waals surface area contributed by atoms with E-state index in [-0.39, 0.29) is 10.6 Å². The molecule has 0 atom stereocenters. The van der Waals surface area contributed by atoms with Gasteiger partial charge in [-0.1, -0.05) is 30.3 Å². The van der Waals surface area contributed by atoms with Gasteiger partial charge in [-0.15, -0.1) is 11.3 Å². The van der Waals surface area contributed by atoms with Gasteiger partial charge in [0.15, 0.2) is 0 Å². The Labute approximate surface area is 157 Å². The van der Waals surface area contributed by atoms with Gasteiger partial charge in [-0.05, 0) is 24.6 Å². The average molecular weight is 379 g/mol. The number of aromatic amines is 1. The van der Waals surface area contributed by atoms with Crippen LogP contribution < -0.4 is 0 Å². The van der Waals surface area contributed by atoms with Crippen LogP contribution in [-0.2, 0) is 0 Å². The summed E-state index contributed by atoms with van der Waals surface area (Å²) in [6, 6.07) is 14.6. The first-order valence-electron chi connectivity index (χ1n) is 8.01. The zero-order chi connectivity index (χ0) is 19.1. The highest BCUT2D eigenvalue weighted by Gasteiger charge is 2.21. The molecule has 2 N–H and O–H groups in total. The predicted octanol–water partition coefficient (Wildman–Crippen LogP) is 4.87.